The highest BCUT2D eigenvalue weighted by molar-refractivity contribution is 7.98. The van der Waals surface area contributed by atoms with E-state index in [1.54, 1.807) is 11.8 Å². The molecule has 2 rings (SSSR count). The zero-order valence-electron chi connectivity index (χ0n) is 10.7. The van der Waals surface area contributed by atoms with Crippen LogP contribution < -0.4 is 0 Å². The van der Waals surface area contributed by atoms with Gasteiger partial charge in [-0.1, -0.05) is 12.1 Å². The molecule has 0 atom stereocenters. The molecule has 96 valence electrons. The van der Waals surface area contributed by atoms with Gasteiger partial charge < -0.3 is 9.67 Å². The van der Waals surface area contributed by atoms with E-state index < -0.39 is 0 Å². The molecule has 0 bridgehead atoms. The van der Waals surface area contributed by atoms with Crippen molar-refractivity contribution in [2.24, 2.45) is 0 Å². The van der Waals surface area contributed by atoms with Gasteiger partial charge in [0.1, 0.15) is 0 Å². The zero-order valence-corrected chi connectivity index (χ0v) is 11.5. The topological polar surface area (TPSA) is 38.0 Å². The second-order valence-corrected chi connectivity index (χ2v) is 5.53. The maximum atomic E-state index is 8.99. The molecule has 0 spiro atoms. The molecule has 0 radical (unpaired) electrons. The van der Waals surface area contributed by atoms with Crippen molar-refractivity contribution in [3.8, 4) is 0 Å². The summed E-state index contributed by atoms with van der Waals surface area (Å²) in [6.07, 6.45) is 3.81. The van der Waals surface area contributed by atoms with Crippen LogP contribution in [-0.2, 0) is 12.4 Å². The first-order valence-electron chi connectivity index (χ1n) is 6.04. The first-order valence-corrected chi connectivity index (χ1v) is 7.02. The summed E-state index contributed by atoms with van der Waals surface area (Å²) < 4.78 is 2.19. The van der Waals surface area contributed by atoms with Crippen LogP contribution in [-0.4, -0.2) is 14.7 Å². The predicted octanol–water partition coefficient (Wildman–Crippen LogP) is 3.25. The van der Waals surface area contributed by atoms with Crippen LogP contribution >= 0.6 is 11.8 Å². The molecule has 4 heteroatoms. The molecule has 1 heterocycles. The third kappa shape index (κ3) is 3.15. The summed E-state index contributed by atoms with van der Waals surface area (Å²) in [5, 5.41) is 8.99. The molecule has 0 aliphatic heterocycles. The van der Waals surface area contributed by atoms with Crippen LogP contribution in [0.4, 0.5) is 0 Å². The fourth-order valence-corrected chi connectivity index (χ4v) is 2.62. The molecule has 0 saturated heterocycles. The highest BCUT2D eigenvalue weighted by Crippen LogP contribution is 2.24. The maximum Gasteiger partial charge on any atom is 0.0950 e. The number of hydrogen-bond donors (Lipinski definition) is 1. The first kappa shape index (κ1) is 13.2. The summed E-state index contributed by atoms with van der Waals surface area (Å²) >= 11 is 1.79. The number of rotatable bonds is 5. The quantitative estimate of drug-likeness (QED) is 0.841. The fourth-order valence-electron chi connectivity index (χ4n) is 1.76. The Morgan fingerprint density at radius 1 is 1.28 bits per heavy atom. The highest BCUT2D eigenvalue weighted by atomic mass is 32.2. The molecule has 0 saturated carbocycles. The largest absolute Gasteiger partial charge is 0.392 e. The van der Waals surface area contributed by atoms with E-state index in [4.69, 9.17) is 5.11 Å². The van der Waals surface area contributed by atoms with Gasteiger partial charge >= 0.3 is 0 Å². The molecule has 2 aromatic rings. The van der Waals surface area contributed by atoms with Gasteiger partial charge in [0, 0.05) is 28.6 Å². The van der Waals surface area contributed by atoms with Crippen molar-refractivity contribution in [2.45, 2.75) is 37.1 Å². The summed E-state index contributed by atoms with van der Waals surface area (Å²) in [7, 11) is 0. The third-order valence-electron chi connectivity index (χ3n) is 2.80. The molecule has 0 aliphatic carbocycles. The average molecular weight is 262 g/mol. The van der Waals surface area contributed by atoms with E-state index >= 15 is 0 Å². The Balaban J connectivity index is 2.00. The Labute approximate surface area is 112 Å². The van der Waals surface area contributed by atoms with Crippen LogP contribution in [0.15, 0.2) is 41.7 Å². The maximum absolute atomic E-state index is 8.99. The average Bonchev–Trinajstić information content (AvgIpc) is 2.85. The van der Waals surface area contributed by atoms with Crippen molar-refractivity contribution >= 4 is 11.8 Å². The minimum absolute atomic E-state index is 0.102. The van der Waals surface area contributed by atoms with Gasteiger partial charge in [0.25, 0.3) is 0 Å². The lowest BCUT2D eigenvalue weighted by molar-refractivity contribution is 0.282. The fraction of sp³-hybridized carbons (Fsp3) is 0.357. The Kier molecular flexibility index (Phi) is 4.44. The number of thioether (sulfide) groups is 1. The smallest absolute Gasteiger partial charge is 0.0950 e. The number of nitrogens with zero attached hydrogens (tertiary/aromatic N) is 2. The van der Waals surface area contributed by atoms with Gasteiger partial charge in [-0.05, 0) is 31.5 Å². The number of aliphatic hydroxyl groups is 1. The molecular weight excluding hydrogens is 244 g/mol. The lowest BCUT2D eigenvalue weighted by atomic mass is 10.2. The van der Waals surface area contributed by atoms with E-state index in [0.29, 0.717) is 6.04 Å². The Morgan fingerprint density at radius 3 is 2.61 bits per heavy atom. The van der Waals surface area contributed by atoms with Gasteiger partial charge in [0.05, 0.1) is 12.9 Å². The van der Waals surface area contributed by atoms with Crippen LogP contribution in [0.1, 0.15) is 31.1 Å². The molecule has 0 amide bonds. The van der Waals surface area contributed by atoms with Crippen molar-refractivity contribution in [2.75, 3.05) is 0 Å². The number of imidazole rings is 1. The number of aliphatic hydroxyl groups excluding tert-OH is 1. The summed E-state index contributed by atoms with van der Waals surface area (Å²) in [6.45, 7) is 4.42. The van der Waals surface area contributed by atoms with Crippen molar-refractivity contribution in [3.63, 3.8) is 0 Å². The Bertz CT molecular complexity index is 491. The lowest BCUT2D eigenvalue weighted by Crippen LogP contribution is -2.02. The normalized spacial score (nSPS) is 11.1. The van der Waals surface area contributed by atoms with Gasteiger partial charge in [0.2, 0.25) is 0 Å². The van der Waals surface area contributed by atoms with Crippen LogP contribution in [0.3, 0.4) is 0 Å². The van der Waals surface area contributed by atoms with Gasteiger partial charge in [-0.25, -0.2) is 4.98 Å². The Hall–Kier alpha value is -1.26. The van der Waals surface area contributed by atoms with Crippen molar-refractivity contribution in [1.29, 1.82) is 0 Å². The molecule has 3 nitrogen and oxygen atoms in total. The summed E-state index contributed by atoms with van der Waals surface area (Å²) in [5.41, 5.74) is 2.19. The van der Waals surface area contributed by atoms with Crippen molar-refractivity contribution in [3.05, 3.63) is 48.0 Å². The second kappa shape index (κ2) is 6.07. The van der Waals surface area contributed by atoms with Gasteiger partial charge in [0.15, 0.2) is 0 Å². The first-order chi connectivity index (χ1) is 8.70. The monoisotopic (exact) mass is 262 g/mol. The molecule has 0 aliphatic rings. The van der Waals surface area contributed by atoms with E-state index in [9.17, 15) is 0 Å². The summed E-state index contributed by atoms with van der Waals surface area (Å²) in [4.78, 5) is 5.41. The van der Waals surface area contributed by atoms with Crippen LogP contribution in [0.25, 0.3) is 0 Å². The molecule has 18 heavy (non-hydrogen) atoms. The van der Waals surface area contributed by atoms with Crippen molar-refractivity contribution < 1.29 is 5.11 Å². The van der Waals surface area contributed by atoms with E-state index in [1.807, 2.05) is 36.8 Å². The minimum Gasteiger partial charge on any atom is -0.392 e. The van der Waals surface area contributed by atoms with Crippen LogP contribution in [0.2, 0.25) is 0 Å². The number of benzene rings is 1. The van der Waals surface area contributed by atoms with Gasteiger partial charge in [-0.15, -0.1) is 11.8 Å². The van der Waals surface area contributed by atoms with Gasteiger partial charge in [-0.3, -0.25) is 0 Å². The predicted molar refractivity (Wildman–Crippen MR) is 74.5 cm³/mol. The highest BCUT2D eigenvalue weighted by Gasteiger charge is 2.05. The van der Waals surface area contributed by atoms with E-state index in [-0.39, 0.29) is 6.61 Å². The molecule has 1 N–H and O–H groups in total. The lowest BCUT2D eigenvalue weighted by Gasteiger charge is -2.11. The van der Waals surface area contributed by atoms with E-state index in [0.717, 1.165) is 11.3 Å². The minimum atomic E-state index is 0.102. The zero-order chi connectivity index (χ0) is 13.0. The summed E-state index contributed by atoms with van der Waals surface area (Å²) in [5.74, 6) is 0.913. The van der Waals surface area contributed by atoms with E-state index in [2.05, 4.69) is 23.4 Å². The van der Waals surface area contributed by atoms with Crippen LogP contribution in [0.5, 0.6) is 0 Å². The SMILES string of the molecule is CC(C)n1cncc1CSc1ccc(CO)cc1. The molecule has 1 aromatic heterocycles. The third-order valence-corrected chi connectivity index (χ3v) is 3.84. The molecule has 0 unspecified atom stereocenters. The standard InChI is InChI=1S/C14H18N2OS/c1-11(2)16-10-15-7-13(16)9-18-14-5-3-12(8-17)4-6-14/h3-7,10-11,17H,8-9H2,1-2H3. The summed E-state index contributed by atoms with van der Waals surface area (Å²) in [6, 6.07) is 8.46. The Morgan fingerprint density at radius 2 is 2.00 bits per heavy atom. The molecular formula is C14H18N2OS. The van der Waals surface area contributed by atoms with Crippen LogP contribution in [0, 0.1) is 0 Å². The van der Waals surface area contributed by atoms with E-state index in [1.165, 1.54) is 10.6 Å². The second-order valence-electron chi connectivity index (χ2n) is 4.48. The number of hydrogen-bond acceptors (Lipinski definition) is 3. The molecule has 1 aromatic carbocycles. The number of aromatic nitrogens is 2. The molecule has 0 fully saturated rings. The van der Waals surface area contributed by atoms with Crippen molar-refractivity contribution in [1.82, 2.24) is 9.55 Å². The van der Waals surface area contributed by atoms with Gasteiger partial charge in [-0.2, -0.15) is 0 Å².